The van der Waals surface area contributed by atoms with Crippen molar-refractivity contribution in [3.05, 3.63) is 181 Å². The van der Waals surface area contributed by atoms with Crippen LogP contribution in [0.3, 0.4) is 0 Å². The number of hydrogen-bond donors (Lipinski definition) is 0. The fraction of sp³-hybridized carbons (Fsp3) is 0.102. The molecule has 51 heavy (non-hydrogen) atoms. The number of allylic oxidation sites excluding steroid dienone is 4. The van der Waals surface area contributed by atoms with Crippen LogP contribution >= 0.6 is 0 Å². The van der Waals surface area contributed by atoms with Crippen LogP contribution < -0.4 is 4.90 Å². The van der Waals surface area contributed by atoms with E-state index in [0.29, 0.717) is 0 Å². The average molecular weight is 656 g/mol. The zero-order chi connectivity index (χ0) is 34.1. The van der Waals surface area contributed by atoms with Crippen LogP contribution in [0, 0.1) is 0 Å². The van der Waals surface area contributed by atoms with E-state index in [1.54, 1.807) is 0 Å². The van der Waals surface area contributed by atoms with E-state index in [1.165, 1.54) is 55.3 Å². The molecular formula is C49H37NO. The summed E-state index contributed by atoms with van der Waals surface area (Å²) in [7, 11) is 0. The lowest BCUT2D eigenvalue weighted by atomic mass is 9.80. The van der Waals surface area contributed by atoms with Crippen LogP contribution in [-0.4, -0.2) is 0 Å². The number of benzene rings is 7. The van der Waals surface area contributed by atoms with Crippen LogP contribution in [0.4, 0.5) is 17.1 Å². The monoisotopic (exact) mass is 655 g/mol. The minimum absolute atomic E-state index is 0.0827. The van der Waals surface area contributed by atoms with Crippen molar-refractivity contribution in [1.29, 1.82) is 0 Å². The molecule has 0 saturated carbocycles. The minimum Gasteiger partial charge on any atom is -0.456 e. The van der Waals surface area contributed by atoms with Gasteiger partial charge in [0.1, 0.15) is 11.2 Å². The zero-order valence-electron chi connectivity index (χ0n) is 28.9. The molecule has 0 bridgehead atoms. The molecule has 2 nitrogen and oxygen atoms in total. The first-order valence-electron chi connectivity index (χ1n) is 18.0. The minimum atomic E-state index is -0.0827. The van der Waals surface area contributed by atoms with Crippen LogP contribution in [0.15, 0.2) is 174 Å². The van der Waals surface area contributed by atoms with E-state index in [0.717, 1.165) is 51.8 Å². The van der Waals surface area contributed by atoms with E-state index < -0.39 is 0 Å². The summed E-state index contributed by atoms with van der Waals surface area (Å²) in [5, 5.41) is 4.66. The van der Waals surface area contributed by atoms with Gasteiger partial charge in [-0.25, -0.2) is 0 Å². The van der Waals surface area contributed by atoms with Crippen molar-refractivity contribution in [3.63, 3.8) is 0 Å². The number of anilines is 3. The summed E-state index contributed by atoms with van der Waals surface area (Å²) in [4.78, 5) is 2.47. The number of rotatable bonds is 5. The summed E-state index contributed by atoms with van der Waals surface area (Å²) in [6.07, 6.45) is 7.11. The summed E-state index contributed by atoms with van der Waals surface area (Å²) in [5.41, 5.74) is 15.4. The molecule has 10 rings (SSSR count). The Kier molecular flexibility index (Phi) is 6.69. The summed E-state index contributed by atoms with van der Waals surface area (Å²) in [6, 6.07) is 54.9. The molecule has 0 N–H and O–H groups in total. The van der Waals surface area contributed by atoms with Crippen LogP contribution in [0.25, 0.3) is 60.5 Å². The highest BCUT2D eigenvalue weighted by atomic mass is 16.3. The van der Waals surface area contributed by atoms with Gasteiger partial charge in [-0.2, -0.15) is 0 Å². The zero-order valence-corrected chi connectivity index (χ0v) is 28.9. The standard InChI is InChI=1S/C49H37NO/c1-49(2)41-24-13-11-22-37(41)38-29-28-34(30-42(38)49)50(43-25-14-12-20-35(43)32-16-5-3-6-17-32)44-26-15-27-45-48(44)47-39-23-10-9-21-36(39)40(31-46(47)51-45)33-18-7-4-8-19-33/h3-10,12,14-31H,11,13H2,1-2H3. The van der Waals surface area contributed by atoms with Crippen molar-refractivity contribution < 1.29 is 4.42 Å². The largest absolute Gasteiger partial charge is 0.456 e. The number of hydrogen-bond acceptors (Lipinski definition) is 2. The van der Waals surface area contributed by atoms with E-state index in [4.69, 9.17) is 4.42 Å². The Labute approximate surface area is 298 Å². The fourth-order valence-corrected chi connectivity index (χ4v) is 8.73. The summed E-state index contributed by atoms with van der Waals surface area (Å²) in [6.45, 7) is 4.77. The third-order valence-electron chi connectivity index (χ3n) is 11.1. The first-order valence-corrected chi connectivity index (χ1v) is 18.0. The van der Waals surface area contributed by atoms with Gasteiger partial charge >= 0.3 is 0 Å². The lowest BCUT2D eigenvalue weighted by molar-refractivity contribution is 0.654. The van der Waals surface area contributed by atoms with Gasteiger partial charge in [0.15, 0.2) is 0 Å². The Morgan fingerprint density at radius 3 is 1.98 bits per heavy atom. The number of furan rings is 1. The number of para-hydroxylation sites is 1. The van der Waals surface area contributed by atoms with Crippen LogP contribution in [0.2, 0.25) is 0 Å². The predicted octanol–water partition coefficient (Wildman–Crippen LogP) is 13.9. The summed E-state index contributed by atoms with van der Waals surface area (Å²) in [5.74, 6) is 0. The highest BCUT2D eigenvalue weighted by Crippen LogP contribution is 2.54. The molecule has 7 aromatic carbocycles. The van der Waals surface area contributed by atoms with Gasteiger partial charge < -0.3 is 9.32 Å². The highest BCUT2D eigenvalue weighted by molar-refractivity contribution is 6.25. The second-order valence-corrected chi connectivity index (χ2v) is 14.3. The Balaban J connectivity index is 1.29. The van der Waals surface area contributed by atoms with E-state index in [9.17, 15) is 0 Å². The first-order chi connectivity index (χ1) is 25.1. The average Bonchev–Trinajstić information content (AvgIpc) is 3.68. The van der Waals surface area contributed by atoms with Gasteiger partial charge in [0.25, 0.3) is 0 Å². The highest BCUT2D eigenvalue weighted by Gasteiger charge is 2.39. The molecule has 0 amide bonds. The van der Waals surface area contributed by atoms with Gasteiger partial charge in [0.2, 0.25) is 0 Å². The van der Waals surface area contributed by atoms with Crippen molar-refractivity contribution in [3.8, 4) is 22.3 Å². The predicted molar refractivity (Wildman–Crippen MR) is 215 cm³/mol. The van der Waals surface area contributed by atoms with Crippen LogP contribution in [-0.2, 0) is 5.41 Å². The quantitative estimate of drug-likeness (QED) is 0.183. The molecule has 2 aliphatic rings. The molecule has 0 aliphatic heterocycles. The van der Waals surface area contributed by atoms with E-state index in [1.807, 2.05) is 0 Å². The van der Waals surface area contributed by atoms with Crippen molar-refractivity contribution in [1.82, 2.24) is 0 Å². The molecule has 0 spiro atoms. The fourth-order valence-electron chi connectivity index (χ4n) is 8.73. The lowest BCUT2D eigenvalue weighted by Gasteiger charge is -2.30. The van der Waals surface area contributed by atoms with Crippen molar-refractivity contribution in [2.75, 3.05) is 4.90 Å². The van der Waals surface area contributed by atoms with Crippen LogP contribution in [0.1, 0.15) is 37.8 Å². The molecule has 1 heterocycles. The molecule has 2 aliphatic carbocycles. The first kappa shape index (κ1) is 29.8. The van der Waals surface area contributed by atoms with Gasteiger partial charge in [0.05, 0.1) is 16.8 Å². The van der Waals surface area contributed by atoms with Gasteiger partial charge in [-0.05, 0) is 99.0 Å². The molecule has 8 aromatic rings. The van der Waals surface area contributed by atoms with Gasteiger partial charge in [-0.3, -0.25) is 0 Å². The van der Waals surface area contributed by atoms with Crippen LogP contribution in [0.5, 0.6) is 0 Å². The third kappa shape index (κ3) is 4.56. The van der Waals surface area contributed by atoms with E-state index >= 15 is 0 Å². The molecular weight excluding hydrogens is 619 g/mol. The molecule has 0 fully saturated rings. The maximum Gasteiger partial charge on any atom is 0.137 e. The molecule has 0 unspecified atom stereocenters. The normalized spacial score (nSPS) is 14.7. The Hall–Kier alpha value is -6.12. The second-order valence-electron chi connectivity index (χ2n) is 14.3. The second kappa shape index (κ2) is 11.5. The summed E-state index contributed by atoms with van der Waals surface area (Å²) >= 11 is 0. The number of fused-ring (bicyclic) bond motifs is 8. The maximum absolute atomic E-state index is 6.83. The van der Waals surface area contributed by atoms with Gasteiger partial charge in [-0.15, -0.1) is 0 Å². The Morgan fingerprint density at radius 2 is 1.18 bits per heavy atom. The molecule has 0 radical (unpaired) electrons. The SMILES string of the molecule is CC1(C)C2=CCCC=C2c2ccc(N(c3ccccc3-c3ccccc3)c3cccc4oc5cc(-c6ccccc6)c6ccccc6c5c34)cc21. The van der Waals surface area contributed by atoms with Gasteiger partial charge in [-0.1, -0.05) is 141 Å². The summed E-state index contributed by atoms with van der Waals surface area (Å²) < 4.78 is 6.83. The van der Waals surface area contributed by atoms with Crippen molar-refractivity contribution in [2.24, 2.45) is 0 Å². The molecule has 1 aromatic heterocycles. The number of nitrogens with zero attached hydrogens (tertiary/aromatic N) is 1. The Bertz CT molecular complexity index is 2710. The van der Waals surface area contributed by atoms with Gasteiger partial charge in [0, 0.05) is 22.1 Å². The lowest BCUT2D eigenvalue weighted by Crippen LogP contribution is -2.17. The third-order valence-corrected chi connectivity index (χ3v) is 11.1. The van der Waals surface area contributed by atoms with E-state index in [2.05, 4.69) is 183 Å². The van der Waals surface area contributed by atoms with E-state index in [-0.39, 0.29) is 5.41 Å². The molecule has 0 atom stereocenters. The smallest absolute Gasteiger partial charge is 0.137 e. The van der Waals surface area contributed by atoms with Crippen molar-refractivity contribution >= 4 is 55.3 Å². The topological polar surface area (TPSA) is 16.4 Å². The molecule has 0 saturated heterocycles. The Morgan fingerprint density at radius 1 is 0.510 bits per heavy atom. The molecule has 244 valence electrons. The molecule has 2 heteroatoms. The maximum atomic E-state index is 6.83. The van der Waals surface area contributed by atoms with Crippen molar-refractivity contribution in [2.45, 2.75) is 32.1 Å².